The Balaban J connectivity index is 1.84. The van der Waals surface area contributed by atoms with Crippen molar-refractivity contribution in [2.24, 2.45) is 0 Å². The molecule has 2 aromatic heterocycles. The standard InChI is InChI=1S/C17H17F2N5O/c1-10(2)25-15-7-16(11(3)20-8-15)22-17-21-9-24(23-17)14-5-12(18)4-13(19)6-14/h4-10H,1-3H3,(H,22,23). The lowest BCUT2D eigenvalue weighted by atomic mass is 10.3. The van der Waals surface area contributed by atoms with E-state index in [0.29, 0.717) is 11.4 Å². The number of halogens is 2. The maximum Gasteiger partial charge on any atom is 0.247 e. The number of ether oxygens (including phenoxy) is 1. The van der Waals surface area contributed by atoms with Gasteiger partial charge in [-0.2, -0.15) is 4.98 Å². The Hall–Kier alpha value is -3.03. The highest BCUT2D eigenvalue weighted by molar-refractivity contribution is 5.58. The van der Waals surface area contributed by atoms with Gasteiger partial charge in [0.25, 0.3) is 0 Å². The van der Waals surface area contributed by atoms with Gasteiger partial charge in [-0.3, -0.25) is 4.98 Å². The fourth-order valence-corrected chi connectivity index (χ4v) is 2.21. The van der Waals surface area contributed by atoms with E-state index < -0.39 is 11.6 Å². The van der Waals surface area contributed by atoms with Crippen LogP contribution in [-0.2, 0) is 0 Å². The predicted octanol–water partition coefficient (Wildman–Crippen LogP) is 3.78. The Morgan fingerprint density at radius 3 is 2.48 bits per heavy atom. The highest BCUT2D eigenvalue weighted by Gasteiger charge is 2.09. The van der Waals surface area contributed by atoms with E-state index >= 15 is 0 Å². The summed E-state index contributed by atoms with van der Waals surface area (Å²) in [5, 5.41) is 7.21. The number of nitrogens with one attached hydrogen (secondary N) is 1. The number of anilines is 2. The van der Waals surface area contributed by atoms with Gasteiger partial charge in [0.2, 0.25) is 5.95 Å². The van der Waals surface area contributed by atoms with Crippen molar-refractivity contribution in [1.29, 1.82) is 0 Å². The molecule has 0 radical (unpaired) electrons. The van der Waals surface area contributed by atoms with Crippen molar-refractivity contribution >= 4 is 11.6 Å². The molecule has 1 aromatic carbocycles. The van der Waals surface area contributed by atoms with Gasteiger partial charge in [-0.05, 0) is 32.9 Å². The number of aryl methyl sites for hydroxylation is 1. The molecule has 6 nitrogen and oxygen atoms in total. The molecule has 0 aliphatic rings. The molecule has 0 atom stereocenters. The molecule has 2 heterocycles. The molecule has 0 saturated heterocycles. The topological polar surface area (TPSA) is 64.9 Å². The summed E-state index contributed by atoms with van der Waals surface area (Å²) in [6.07, 6.45) is 3.04. The van der Waals surface area contributed by atoms with Gasteiger partial charge in [0.1, 0.15) is 23.7 Å². The van der Waals surface area contributed by atoms with E-state index in [1.807, 2.05) is 20.8 Å². The maximum atomic E-state index is 13.3. The highest BCUT2D eigenvalue weighted by atomic mass is 19.1. The Morgan fingerprint density at radius 2 is 1.80 bits per heavy atom. The molecule has 3 aromatic rings. The first-order chi connectivity index (χ1) is 11.9. The van der Waals surface area contributed by atoms with Crippen LogP contribution in [0.2, 0.25) is 0 Å². The third-order valence-corrected chi connectivity index (χ3v) is 3.28. The molecule has 8 heteroatoms. The van der Waals surface area contributed by atoms with Crippen molar-refractivity contribution in [3.05, 3.63) is 54.1 Å². The van der Waals surface area contributed by atoms with Crippen LogP contribution in [0.25, 0.3) is 5.69 Å². The van der Waals surface area contributed by atoms with Gasteiger partial charge >= 0.3 is 0 Å². The van der Waals surface area contributed by atoms with Gasteiger partial charge in [0, 0.05) is 12.1 Å². The van der Waals surface area contributed by atoms with Gasteiger partial charge in [-0.25, -0.2) is 13.5 Å². The molecule has 0 saturated carbocycles. The van der Waals surface area contributed by atoms with Crippen LogP contribution in [0.3, 0.4) is 0 Å². The number of hydrogen-bond acceptors (Lipinski definition) is 5. The van der Waals surface area contributed by atoms with Crippen molar-refractivity contribution in [2.45, 2.75) is 26.9 Å². The van der Waals surface area contributed by atoms with Gasteiger partial charge < -0.3 is 10.1 Å². The summed E-state index contributed by atoms with van der Waals surface area (Å²) < 4.78 is 33.6. The Bertz CT molecular complexity index is 874. The van der Waals surface area contributed by atoms with Crippen LogP contribution in [0.5, 0.6) is 5.75 Å². The molecule has 130 valence electrons. The average Bonchev–Trinajstić information content (AvgIpc) is 2.98. The SMILES string of the molecule is Cc1ncc(OC(C)C)cc1Nc1ncn(-c2cc(F)cc(F)c2)n1. The quantitative estimate of drug-likeness (QED) is 0.762. The third-order valence-electron chi connectivity index (χ3n) is 3.28. The number of nitrogens with zero attached hydrogens (tertiary/aromatic N) is 4. The van der Waals surface area contributed by atoms with Crippen LogP contribution < -0.4 is 10.1 Å². The monoisotopic (exact) mass is 345 g/mol. The number of hydrogen-bond donors (Lipinski definition) is 1. The summed E-state index contributed by atoms with van der Waals surface area (Å²) in [4.78, 5) is 8.37. The van der Waals surface area contributed by atoms with E-state index in [1.165, 1.54) is 23.1 Å². The molecular weight excluding hydrogens is 328 g/mol. The fourth-order valence-electron chi connectivity index (χ4n) is 2.21. The van der Waals surface area contributed by atoms with Crippen LogP contribution in [0.1, 0.15) is 19.5 Å². The molecule has 0 unspecified atom stereocenters. The van der Waals surface area contributed by atoms with Gasteiger partial charge in [-0.1, -0.05) is 0 Å². The fraction of sp³-hybridized carbons (Fsp3) is 0.235. The first-order valence-electron chi connectivity index (χ1n) is 7.69. The molecule has 1 N–H and O–H groups in total. The second kappa shape index (κ2) is 6.84. The number of aromatic nitrogens is 4. The Morgan fingerprint density at radius 1 is 1.08 bits per heavy atom. The van der Waals surface area contributed by atoms with E-state index in [1.54, 1.807) is 12.3 Å². The molecular formula is C17H17F2N5O. The van der Waals surface area contributed by atoms with Crippen molar-refractivity contribution in [3.63, 3.8) is 0 Å². The second-order valence-corrected chi connectivity index (χ2v) is 5.74. The van der Waals surface area contributed by atoms with Gasteiger partial charge in [0.05, 0.1) is 29.4 Å². The lowest BCUT2D eigenvalue weighted by molar-refractivity contribution is 0.241. The van der Waals surface area contributed by atoms with Crippen LogP contribution in [0.15, 0.2) is 36.8 Å². The van der Waals surface area contributed by atoms with Crippen molar-refractivity contribution in [2.75, 3.05) is 5.32 Å². The van der Waals surface area contributed by atoms with E-state index in [2.05, 4.69) is 20.4 Å². The molecule has 0 bridgehead atoms. The second-order valence-electron chi connectivity index (χ2n) is 5.74. The molecule has 0 fully saturated rings. The van der Waals surface area contributed by atoms with E-state index in [9.17, 15) is 8.78 Å². The van der Waals surface area contributed by atoms with E-state index in [-0.39, 0.29) is 17.7 Å². The summed E-state index contributed by atoms with van der Waals surface area (Å²) in [5.74, 6) is -0.469. The van der Waals surface area contributed by atoms with Crippen LogP contribution in [0, 0.1) is 18.6 Å². The molecule has 3 rings (SSSR count). The summed E-state index contributed by atoms with van der Waals surface area (Å²) in [6.45, 7) is 5.68. The number of benzene rings is 1. The zero-order valence-corrected chi connectivity index (χ0v) is 14.0. The van der Waals surface area contributed by atoms with Crippen LogP contribution >= 0.6 is 0 Å². The average molecular weight is 345 g/mol. The smallest absolute Gasteiger partial charge is 0.247 e. The Labute approximate surface area is 143 Å². The van der Waals surface area contributed by atoms with Crippen molar-refractivity contribution < 1.29 is 13.5 Å². The van der Waals surface area contributed by atoms with Gasteiger partial charge in [0.15, 0.2) is 0 Å². The van der Waals surface area contributed by atoms with Crippen molar-refractivity contribution in [1.82, 2.24) is 19.7 Å². The number of rotatable bonds is 5. The highest BCUT2D eigenvalue weighted by Crippen LogP contribution is 2.23. The van der Waals surface area contributed by atoms with Crippen LogP contribution in [0.4, 0.5) is 20.4 Å². The predicted molar refractivity (Wildman–Crippen MR) is 89.3 cm³/mol. The summed E-state index contributed by atoms with van der Waals surface area (Å²) in [7, 11) is 0. The van der Waals surface area contributed by atoms with Gasteiger partial charge in [-0.15, -0.1) is 5.10 Å². The summed E-state index contributed by atoms with van der Waals surface area (Å²) >= 11 is 0. The molecule has 0 amide bonds. The maximum absolute atomic E-state index is 13.3. The first kappa shape index (κ1) is 16.8. The minimum atomic E-state index is -0.682. The van der Waals surface area contributed by atoms with E-state index in [4.69, 9.17) is 4.74 Å². The minimum Gasteiger partial charge on any atom is -0.489 e. The lowest BCUT2D eigenvalue weighted by Crippen LogP contribution is -2.07. The zero-order chi connectivity index (χ0) is 18.0. The molecule has 0 aliphatic carbocycles. The lowest BCUT2D eigenvalue weighted by Gasteiger charge is -2.12. The van der Waals surface area contributed by atoms with Crippen molar-refractivity contribution in [3.8, 4) is 11.4 Å². The molecule has 25 heavy (non-hydrogen) atoms. The minimum absolute atomic E-state index is 0.0255. The number of pyridine rings is 1. The molecule has 0 spiro atoms. The largest absolute Gasteiger partial charge is 0.489 e. The normalized spacial score (nSPS) is 11.0. The molecule has 0 aliphatic heterocycles. The Kier molecular flexibility index (Phi) is 4.60. The van der Waals surface area contributed by atoms with E-state index in [0.717, 1.165) is 11.8 Å². The van der Waals surface area contributed by atoms with Crippen LogP contribution in [-0.4, -0.2) is 25.9 Å². The third kappa shape index (κ3) is 4.09. The zero-order valence-electron chi connectivity index (χ0n) is 14.0. The summed E-state index contributed by atoms with van der Waals surface area (Å²) in [6, 6.07) is 4.94. The first-order valence-corrected chi connectivity index (χ1v) is 7.69. The summed E-state index contributed by atoms with van der Waals surface area (Å²) in [5.41, 5.74) is 1.66.